The van der Waals surface area contributed by atoms with Gasteiger partial charge in [0.05, 0.1) is 27.2 Å². The molecule has 5 amide bonds. The number of hydrogen-bond acceptors (Lipinski definition) is 6. The monoisotopic (exact) mass is 786 g/mol. The van der Waals surface area contributed by atoms with Gasteiger partial charge in [-0.05, 0) is 53.0 Å². The highest BCUT2D eigenvalue weighted by Crippen LogP contribution is 2.21. The molecule has 51 heavy (non-hydrogen) atoms. The number of halogens is 2. The number of carbonyl (C=O) groups is 5. The van der Waals surface area contributed by atoms with Crippen molar-refractivity contribution in [3.05, 3.63) is 82.9 Å². The van der Waals surface area contributed by atoms with E-state index in [2.05, 4.69) is 54.1 Å². The Balaban J connectivity index is 0.00000702. The standard InChI is InChI=1S/C32H39BrN12O5.ClH/c1-18(33)27(46)38-19-11-24(43(3)14-19)29(48)40-21-13-26(45(5)16-21)31(50)41-22-12-25(44(4)17-22)30(49)39-20-10-23(42(2)15-20)28(47)36-8-6-7-9-37-32(34)35;/h10-17H,1,6-9H2,2-5H3,(H,36,47)(H,38,46)(H,39,49)(H,40,48)(H,41,50)(H4,34,35,37);1H. The third-order valence-corrected chi connectivity index (χ3v) is 7.75. The topological polar surface area (TPSA) is 230 Å². The summed E-state index contributed by atoms with van der Waals surface area (Å²) in [5, 5.41) is 13.8. The molecule has 0 aromatic carbocycles. The summed E-state index contributed by atoms with van der Waals surface area (Å²) in [7, 11) is 6.67. The van der Waals surface area contributed by atoms with Gasteiger partial charge in [-0.2, -0.15) is 0 Å². The van der Waals surface area contributed by atoms with E-state index in [1.54, 1.807) is 77.3 Å². The lowest BCUT2D eigenvalue weighted by molar-refractivity contribution is -0.112. The van der Waals surface area contributed by atoms with Gasteiger partial charge in [0.25, 0.3) is 29.5 Å². The maximum atomic E-state index is 13.2. The first-order chi connectivity index (χ1) is 23.6. The van der Waals surface area contributed by atoms with Crippen molar-refractivity contribution in [1.29, 1.82) is 0 Å². The van der Waals surface area contributed by atoms with E-state index in [0.29, 0.717) is 54.4 Å². The maximum Gasteiger partial charge on any atom is 0.272 e. The quantitative estimate of drug-likeness (QED) is 0.0437. The van der Waals surface area contributed by atoms with Crippen LogP contribution in [0.25, 0.3) is 0 Å². The van der Waals surface area contributed by atoms with Gasteiger partial charge in [0.2, 0.25) is 0 Å². The largest absolute Gasteiger partial charge is 0.370 e. The summed E-state index contributed by atoms with van der Waals surface area (Å²) >= 11 is 3.01. The molecule has 19 heteroatoms. The fourth-order valence-corrected chi connectivity index (χ4v) is 5.06. The Hall–Kier alpha value is -5.75. The molecular formula is C32H40BrClN12O5. The molecule has 0 atom stereocenters. The Morgan fingerprint density at radius 3 is 1.35 bits per heavy atom. The summed E-state index contributed by atoms with van der Waals surface area (Å²) in [4.78, 5) is 67.8. The molecule has 4 aromatic rings. The van der Waals surface area contributed by atoms with Crippen LogP contribution in [0.5, 0.6) is 0 Å². The Kier molecular flexibility index (Phi) is 13.4. The van der Waals surface area contributed by atoms with Crippen LogP contribution in [-0.2, 0) is 33.0 Å². The minimum atomic E-state index is -0.473. The molecule has 0 spiro atoms. The molecule has 4 aromatic heterocycles. The van der Waals surface area contributed by atoms with E-state index in [9.17, 15) is 24.0 Å². The van der Waals surface area contributed by atoms with Crippen LogP contribution in [0.2, 0.25) is 0 Å². The van der Waals surface area contributed by atoms with Gasteiger partial charge in [0.15, 0.2) is 5.96 Å². The van der Waals surface area contributed by atoms with E-state index in [-0.39, 0.29) is 45.8 Å². The average molecular weight is 788 g/mol. The molecule has 0 fully saturated rings. The fraction of sp³-hybridized carbons (Fsp3) is 0.250. The number of amides is 5. The number of rotatable bonds is 14. The lowest BCUT2D eigenvalue weighted by atomic mass is 10.3. The summed E-state index contributed by atoms with van der Waals surface area (Å²) in [5.41, 5.74) is 13.3. The number of carbonyl (C=O) groups excluding carboxylic acids is 5. The van der Waals surface area contributed by atoms with Crippen molar-refractivity contribution in [3.8, 4) is 0 Å². The van der Waals surface area contributed by atoms with Crippen LogP contribution in [0.3, 0.4) is 0 Å². The number of nitrogens with zero attached hydrogens (tertiary/aromatic N) is 5. The van der Waals surface area contributed by atoms with E-state index in [1.807, 2.05) is 0 Å². The average Bonchev–Trinajstić information content (AvgIpc) is 3.79. The minimum absolute atomic E-state index is 0. The molecule has 0 aliphatic carbocycles. The van der Waals surface area contributed by atoms with Gasteiger partial charge < -0.3 is 56.3 Å². The summed E-state index contributed by atoms with van der Waals surface area (Å²) in [6.45, 7) is 4.44. The highest BCUT2D eigenvalue weighted by molar-refractivity contribution is 9.12. The molecule has 0 saturated carbocycles. The summed E-state index contributed by atoms with van der Waals surface area (Å²) in [6, 6.07) is 6.12. The number of aromatic nitrogens is 4. The Morgan fingerprint density at radius 1 is 0.647 bits per heavy atom. The van der Waals surface area contributed by atoms with Crippen molar-refractivity contribution in [2.45, 2.75) is 12.8 Å². The van der Waals surface area contributed by atoms with E-state index in [1.165, 1.54) is 18.2 Å². The number of unbranched alkanes of at least 4 members (excludes halogenated alkanes) is 1. The molecule has 4 rings (SSSR count). The molecule has 4 heterocycles. The zero-order chi connectivity index (χ0) is 36.7. The second-order valence-corrected chi connectivity index (χ2v) is 12.3. The van der Waals surface area contributed by atoms with Crippen molar-refractivity contribution < 1.29 is 24.0 Å². The summed E-state index contributed by atoms with van der Waals surface area (Å²) in [6.07, 6.45) is 7.79. The summed E-state index contributed by atoms with van der Waals surface area (Å²) < 4.78 is 6.42. The molecule has 0 radical (unpaired) electrons. The molecule has 0 saturated heterocycles. The number of aryl methyl sites for hydroxylation is 4. The molecule has 0 bridgehead atoms. The van der Waals surface area contributed by atoms with Gasteiger partial charge in [-0.3, -0.25) is 29.0 Å². The van der Waals surface area contributed by atoms with Gasteiger partial charge in [0, 0.05) is 66.1 Å². The van der Waals surface area contributed by atoms with Crippen molar-refractivity contribution >= 4 is 86.6 Å². The zero-order valence-electron chi connectivity index (χ0n) is 28.4. The Labute approximate surface area is 308 Å². The normalized spacial score (nSPS) is 10.5. The fourth-order valence-electron chi connectivity index (χ4n) is 4.96. The highest BCUT2D eigenvalue weighted by atomic mass is 79.9. The lowest BCUT2D eigenvalue weighted by Gasteiger charge is -2.05. The van der Waals surface area contributed by atoms with Gasteiger partial charge >= 0.3 is 0 Å². The van der Waals surface area contributed by atoms with Crippen LogP contribution >= 0.6 is 28.3 Å². The van der Waals surface area contributed by atoms with Crippen LogP contribution in [0.1, 0.15) is 54.8 Å². The Bertz CT molecular complexity index is 2000. The number of nitrogens with one attached hydrogen (secondary N) is 5. The number of nitrogens with two attached hydrogens (primary N) is 2. The minimum Gasteiger partial charge on any atom is -0.370 e. The van der Waals surface area contributed by atoms with Crippen LogP contribution in [0.4, 0.5) is 22.7 Å². The van der Waals surface area contributed by atoms with Crippen molar-refractivity contribution in [1.82, 2.24) is 23.6 Å². The first kappa shape index (κ1) is 39.7. The predicted octanol–water partition coefficient (Wildman–Crippen LogP) is 2.85. The van der Waals surface area contributed by atoms with Crippen LogP contribution in [0.15, 0.2) is 65.1 Å². The third kappa shape index (κ3) is 10.4. The molecular weight excluding hydrogens is 748 g/mol. The number of guanidine groups is 1. The smallest absolute Gasteiger partial charge is 0.272 e. The second-order valence-electron chi connectivity index (χ2n) is 11.4. The SMILES string of the molecule is C=C(Br)C(=O)Nc1cc(C(=O)Nc2cc(C(=O)Nc3cc(C(=O)Nc4cc(C(=O)NCCCCN=C(N)N)n(C)c4)n(C)c3)n(C)c2)n(C)c1.Cl. The molecule has 272 valence electrons. The first-order valence-electron chi connectivity index (χ1n) is 15.2. The van der Waals surface area contributed by atoms with Gasteiger partial charge in [0.1, 0.15) is 22.8 Å². The van der Waals surface area contributed by atoms with Crippen molar-refractivity contribution in [3.63, 3.8) is 0 Å². The predicted molar refractivity (Wildman–Crippen MR) is 202 cm³/mol. The zero-order valence-corrected chi connectivity index (χ0v) is 30.8. The van der Waals surface area contributed by atoms with Crippen LogP contribution < -0.4 is 38.1 Å². The van der Waals surface area contributed by atoms with Crippen LogP contribution in [0, 0.1) is 0 Å². The first-order valence-corrected chi connectivity index (χ1v) is 16.0. The number of hydrogen-bond donors (Lipinski definition) is 7. The van der Waals surface area contributed by atoms with E-state index in [4.69, 9.17) is 11.5 Å². The van der Waals surface area contributed by atoms with Gasteiger partial charge in [-0.1, -0.05) is 6.58 Å². The van der Waals surface area contributed by atoms with Gasteiger partial charge in [-0.15, -0.1) is 12.4 Å². The summed E-state index contributed by atoms with van der Waals surface area (Å²) in [5.74, 6) is -2.08. The lowest BCUT2D eigenvalue weighted by Crippen LogP contribution is -2.26. The van der Waals surface area contributed by atoms with E-state index in [0.717, 1.165) is 0 Å². The maximum absolute atomic E-state index is 13.2. The van der Waals surface area contributed by atoms with Crippen molar-refractivity contribution in [2.75, 3.05) is 34.4 Å². The molecule has 9 N–H and O–H groups in total. The van der Waals surface area contributed by atoms with Crippen LogP contribution in [-0.4, -0.2) is 66.9 Å². The third-order valence-electron chi connectivity index (χ3n) is 7.39. The number of anilines is 4. The highest BCUT2D eigenvalue weighted by Gasteiger charge is 2.20. The molecule has 17 nitrogen and oxygen atoms in total. The van der Waals surface area contributed by atoms with E-state index >= 15 is 0 Å². The molecule has 0 unspecified atom stereocenters. The molecule has 0 aliphatic heterocycles. The Morgan fingerprint density at radius 2 is 1.00 bits per heavy atom. The van der Waals surface area contributed by atoms with Gasteiger partial charge in [-0.25, -0.2) is 0 Å². The van der Waals surface area contributed by atoms with Crippen molar-refractivity contribution in [2.24, 2.45) is 44.7 Å². The number of aliphatic imine (C=N–C) groups is 1. The molecule has 0 aliphatic rings. The van der Waals surface area contributed by atoms with E-state index < -0.39 is 23.6 Å². The second kappa shape index (κ2) is 17.3.